The topological polar surface area (TPSA) is 72.8 Å². The first-order valence-electron chi connectivity index (χ1n) is 4.19. The largest absolute Gasteiger partial charge is 0.513 e. The van der Waals surface area contributed by atoms with Crippen molar-refractivity contribution in [3.8, 4) is 5.75 Å². The van der Waals surface area contributed by atoms with Crippen LogP contribution in [0.5, 0.6) is 5.75 Å². The number of hydrogen-bond acceptors (Lipinski definition) is 4. The summed E-state index contributed by atoms with van der Waals surface area (Å²) in [5, 5.41) is 8.61. The molecule has 0 aliphatic heterocycles. The Labute approximate surface area is 86.2 Å². The van der Waals surface area contributed by atoms with E-state index in [0.29, 0.717) is 5.56 Å². The van der Waals surface area contributed by atoms with E-state index >= 15 is 0 Å². The number of ether oxygens (including phenoxy) is 2. The Bertz CT molecular complexity index is 372. The highest BCUT2D eigenvalue weighted by molar-refractivity contribution is 5.72. The van der Waals surface area contributed by atoms with Gasteiger partial charge in [0.15, 0.2) is 0 Å². The molecule has 0 fully saturated rings. The van der Waals surface area contributed by atoms with Gasteiger partial charge in [-0.1, -0.05) is 18.2 Å². The maximum absolute atomic E-state index is 10.8. The summed E-state index contributed by atoms with van der Waals surface area (Å²) in [6, 6.07) is 6.40. The standard InChI is InChI=1S/C10H10O5/c1-14-10(13)15-8-5-3-2-4-7(8)6-9(11)12/h2-5H,6H2,1H3,(H,11,12). The van der Waals surface area contributed by atoms with Crippen molar-refractivity contribution in [2.24, 2.45) is 0 Å². The number of para-hydroxylation sites is 1. The van der Waals surface area contributed by atoms with Crippen LogP contribution >= 0.6 is 0 Å². The van der Waals surface area contributed by atoms with Gasteiger partial charge in [0.25, 0.3) is 0 Å². The molecule has 15 heavy (non-hydrogen) atoms. The quantitative estimate of drug-likeness (QED) is 0.604. The molecular formula is C10H10O5. The van der Waals surface area contributed by atoms with Crippen LogP contribution < -0.4 is 4.74 Å². The van der Waals surface area contributed by atoms with Gasteiger partial charge in [-0.15, -0.1) is 0 Å². The molecule has 0 atom stereocenters. The second-order valence-corrected chi connectivity index (χ2v) is 2.73. The molecule has 0 aromatic heterocycles. The number of benzene rings is 1. The van der Waals surface area contributed by atoms with Crippen LogP contribution in [0, 0.1) is 0 Å². The van der Waals surface area contributed by atoms with E-state index in [0.717, 1.165) is 0 Å². The van der Waals surface area contributed by atoms with Crippen LogP contribution in [0.4, 0.5) is 4.79 Å². The zero-order chi connectivity index (χ0) is 11.3. The fourth-order valence-corrected chi connectivity index (χ4v) is 1.04. The highest BCUT2D eigenvalue weighted by atomic mass is 16.7. The first kappa shape index (κ1) is 11.0. The molecule has 1 N–H and O–H groups in total. The number of aliphatic carboxylic acids is 1. The molecule has 0 heterocycles. The molecule has 0 saturated heterocycles. The maximum Gasteiger partial charge on any atom is 0.513 e. The Hall–Kier alpha value is -2.04. The Morgan fingerprint density at radius 3 is 2.60 bits per heavy atom. The number of methoxy groups -OCH3 is 1. The molecular weight excluding hydrogens is 200 g/mol. The van der Waals surface area contributed by atoms with Gasteiger partial charge in [0.1, 0.15) is 5.75 Å². The molecule has 5 nitrogen and oxygen atoms in total. The fraction of sp³-hybridized carbons (Fsp3) is 0.200. The SMILES string of the molecule is COC(=O)Oc1ccccc1CC(=O)O. The van der Waals surface area contributed by atoms with Crippen LogP contribution in [-0.4, -0.2) is 24.3 Å². The van der Waals surface area contributed by atoms with Gasteiger partial charge < -0.3 is 14.6 Å². The van der Waals surface area contributed by atoms with Gasteiger partial charge in [0.05, 0.1) is 13.5 Å². The lowest BCUT2D eigenvalue weighted by molar-refractivity contribution is -0.136. The highest BCUT2D eigenvalue weighted by Gasteiger charge is 2.10. The molecule has 0 bridgehead atoms. The Kier molecular flexibility index (Phi) is 3.68. The molecule has 0 amide bonds. The lowest BCUT2D eigenvalue weighted by atomic mass is 10.1. The Morgan fingerprint density at radius 1 is 1.33 bits per heavy atom. The molecule has 5 heteroatoms. The van der Waals surface area contributed by atoms with Gasteiger partial charge in [-0.2, -0.15) is 0 Å². The summed E-state index contributed by atoms with van der Waals surface area (Å²) in [6.45, 7) is 0. The number of carboxylic acids is 1. The van der Waals surface area contributed by atoms with Crippen molar-refractivity contribution < 1.29 is 24.2 Å². The fourth-order valence-electron chi connectivity index (χ4n) is 1.04. The van der Waals surface area contributed by atoms with Gasteiger partial charge in [-0.3, -0.25) is 4.79 Å². The Balaban J connectivity index is 2.85. The maximum atomic E-state index is 10.8. The molecule has 1 aromatic rings. The summed E-state index contributed by atoms with van der Waals surface area (Å²) in [5.41, 5.74) is 0.426. The monoisotopic (exact) mass is 210 g/mol. The summed E-state index contributed by atoms with van der Waals surface area (Å²) in [5.74, 6) is -0.789. The smallest absolute Gasteiger partial charge is 0.481 e. The molecule has 1 aromatic carbocycles. The van der Waals surface area contributed by atoms with Crippen molar-refractivity contribution >= 4 is 12.1 Å². The molecule has 0 aliphatic rings. The van der Waals surface area contributed by atoms with Gasteiger partial charge in [0, 0.05) is 5.56 Å². The van der Waals surface area contributed by atoms with E-state index < -0.39 is 12.1 Å². The van der Waals surface area contributed by atoms with E-state index in [1.165, 1.54) is 13.2 Å². The number of carboxylic acid groups (broad SMARTS) is 1. The highest BCUT2D eigenvalue weighted by Crippen LogP contribution is 2.18. The predicted octanol–water partition coefficient (Wildman–Crippen LogP) is 1.46. The van der Waals surface area contributed by atoms with E-state index in [4.69, 9.17) is 9.84 Å². The normalized spacial score (nSPS) is 9.40. The third kappa shape index (κ3) is 3.30. The first-order valence-corrected chi connectivity index (χ1v) is 4.19. The lowest BCUT2D eigenvalue weighted by Gasteiger charge is -2.06. The van der Waals surface area contributed by atoms with Gasteiger partial charge in [0.2, 0.25) is 0 Å². The third-order valence-electron chi connectivity index (χ3n) is 1.67. The number of carbonyl (C=O) groups excluding carboxylic acids is 1. The van der Waals surface area contributed by atoms with Crippen LogP contribution in [0.2, 0.25) is 0 Å². The van der Waals surface area contributed by atoms with Crippen molar-refractivity contribution in [1.29, 1.82) is 0 Å². The zero-order valence-corrected chi connectivity index (χ0v) is 8.10. The average molecular weight is 210 g/mol. The minimum Gasteiger partial charge on any atom is -0.481 e. The van der Waals surface area contributed by atoms with Crippen LogP contribution in [0.25, 0.3) is 0 Å². The summed E-state index contributed by atoms with van der Waals surface area (Å²) in [4.78, 5) is 21.3. The molecule has 0 spiro atoms. The van der Waals surface area contributed by atoms with Crippen LogP contribution in [0.3, 0.4) is 0 Å². The van der Waals surface area contributed by atoms with E-state index in [1.54, 1.807) is 18.2 Å². The summed E-state index contributed by atoms with van der Waals surface area (Å²) < 4.78 is 9.08. The molecule has 1 rings (SSSR count). The van der Waals surface area contributed by atoms with E-state index in [-0.39, 0.29) is 12.2 Å². The minimum atomic E-state index is -0.990. The van der Waals surface area contributed by atoms with E-state index in [1.807, 2.05) is 0 Å². The zero-order valence-electron chi connectivity index (χ0n) is 8.10. The van der Waals surface area contributed by atoms with Crippen molar-refractivity contribution in [1.82, 2.24) is 0 Å². The van der Waals surface area contributed by atoms with Crippen LogP contribution in [0.15, 0.2) is 24.3 Å². The van der Waals surface area contributed by atoms with Crippen molar-refractivity contribution in [3.63, 3.8) is 0 Å². The predicted molar refractivity (Wildman–Crippen MR) is 50.8 cm³/mol. The first-order chi connectivity index (χ1) is 7.13. The van der Waals surface area contributed by atoms with Crippen molar-refractivity contribution in [2.45, 2.75) is 6.42 Å². The number of rotatable bonds is 3. The molecule has 0 saturated carbocycles. The lowest BCUT2D eigenvalue weighted by Crippen LogP contribution is -2.10. The van der Waals surface area contributed by atoms with Gasteiger partial charge in [-0.25, -0.2) is 4.79 Å². The third-order valence-corrected chi connectivity index (χ3v) is 1.67. The van der Waals surface area contributed by atoms with Crippen LogP contribution in [-0.2, 0) is 16.0 Å². The Morgan fingerprint density at radius 2 is 2.00 bits per heavy atom. The average Bonchev–Trinajstić information content (AvgIpc) is 2.20. The number of carbonyl (C=O) groups is 2. The molecule has 0 radical (unpaired) electrons. The van der Waals surface area contributed by atoms with Gasteiger partial charge in [-0.05, 0) is 6.07 Å². The number of hydrogen-bond donors (Lipinski definition) is 1. The second-order valence-electron chi connectivity index (χ2n) is 2.73. The molecule has 0 aliphatic carbocycles. The van der Waals surface area contributed by atoms with E-state index in [9.17, 15) is 9.59 Å². The van der Waals surface area contributed by atoms with Crippen molar-refractivity contribution in [2.75, 3.05) is 7.11 Å². The van der Waals surface area contributed by atoms with Gasteiger partial charge >= 0.3 is 12.1 Å². The summed E-state index contributed by atoms with van der Waals surface area (Å²) >= 11 is 0. The van der Waals surface area contributed by atoms with Crippen molar-refractivity contribution in [3.05, 3.63) is 29.8 Å². The molecule has 0 unspecified atom stereocenters. The minimum absolute atomic E-state index is 0.201. The van der Waals surface area contributed by atoms with Crippen LogP contribution in [0.1, 0.15) is 5.56 Å². The second kappa shape index (κ2) is 4.99. The summed E-state index contributed by atoms with van der Waals surface area (Å²) in [7, 11) is 1.18. The molecule has 80 valence electrons. The summed E-state index contributed by atoms with van der Waals surface area (Å²) in [6.07, 6.45) is -1.07. The van der Waals surface area contributed by atoms with E-state index in [2.05, 4.69) is 4.74 Å².